The minimum Gasteiger partial charge on any atom is -0.393 e. The highest BCUT2D eigenvalue weighted by molar-refractivity contribution is 7.86. The molecule has 4 nitrogen and oxygen atoms in total. The van der Waals surface area contributed by atoms with E-state index in [1.54, 1.807) is 0 Å². The van der Waals surface area contributed by atoms with Crippen LogP contribution < -0.4 is 0 Å². The Morgan fingerprint density at radius 3 is 1.65 bits per heavy atom. The zero-order valence-corrected chi connectivity index (χ0v) is 16.0. The quantitative estimate of drug-likeness (QED) is 0.300. The first-order chi connectivity index (χ1) is 10.9. The highest BCUT2D eigenvalue weighted by Gasteiger charge is 2.23. The molecule has 5 heteroatoms. The second-order valence-electron chi connectivity index (χ2n) is 6.77. The fraction of sp³-hybridized carbons (Fsp3) is 1.00. The van der Waals surface area contributed by atoms with Gasteiger partial charge in [0.05, 0.1) is 11.4 Å². The third-order valence-corrected chi connectivity index (χ3v) is 5.83. The van der Waals surface area contributed by atoms with Crippen molar-refractivity contribution < 1.29 is 18.1 Å². The summed E-state index contributed by atoms with van der Waals surface area (Å²) in [5, 5.41) is 9.28. The molecule has 0 aromatic rings. The standard InChI is InChI=1S/C18H38O4S/c1-3-5-7-9-11-13-17(19)15-16-18(23(20,21)22)14-12-10-8-6-4-2/h17-19H,3-16H2,1-2H3,(H,20,21,22). The summed E-state index contributed by atoms with van der Waals surface area (Å²) in [6.45, 7) is 4.32. The lowest BCUT2D eigenvalue weighted by atomic mass is 10.0. The van der Waals surface area contributed by atoms with Crippen LogP contribution in [-0.4, -0.2) is 29.4 Å². The van der Waals surface area contributed by atoms with Gasteiger partial charge < -0.3 is 5.11 Å². The SMILES string of the molecule is CCCCCCCC(O)CCC(CCCCCCC)S(=O)(=O)O. The molecule has 0 aromatic carbocycles. The van der Waals surface area contributed by atoms with E-state index in [4.69, 9.17) is 0 Å². The normalized spacial score (nSPS) is 14.8. The average molecular weight is 351 g/mol. The molecule has 0 bridgehead atoms. The van der Waals surface area contributed by atoms with E-state index in [2.05, 4.69) is 13.8 Å². The van der Waals surface area contributed by atoms with Crippen molar-refractivity contribution in [2.45, 2.75) is 115 Å². The fourth-order valence-electron chi connectivity index (χ4n) is 2.92. The Morgan fingerprint density at radius 1 is 0.696 bits per heavy atom. The molecule has 2 unspecified atom stereocenters. The molecule has 0 radical (unpaired) electrons. The Balaban J connectivity index is 3.95. The molecule has 23 heavy (non-hydrogen) atoms. The molecule has 0 saturated carbocycles. The van der Waals surface area contributed by atoms with E-state index in [0.717, 1.165) is 44.9 Å². The van der Waals surface area contributed by atoms with Crippen LogP contribution in [0.15, 0.2) is 0 Å². The Kier molecular flexibility index (Phi) is 14.2. The number of aliphatic hydroxyl groups excluding tert-OH is 1. The Labute approximate surface area is 143 Å². The maximum Gasteiger partial charge on any atom is 0.267 e. The van der Waals surface area contributed by atoms with Crippen LogP contribution in [0.4, 0.5) is 0 Å². The molecular weight excluding hydrogens is 312 g/mol. The van der Waals surface area contributed by atoms with Crippen LogP contribution in [0, 0.1) is 0 Å². The summed E-state index contributed by atoms with van der Waals surface area (Å²) in [6, 6.07) is 0. The number of hydrogen-bond acceptors (Lipinski definition) is 3. The number of aliphatic hydroxyl groups is 1. The first-order valence-corrected chi connectivity index (χ1v) is 11.1. The lowest BCUT2D eigenvalue weighted by molar-refractivity contribution is 0.147. The second-order valence-corrected chi connectivity index (χ2v) is 8.47. The molecule has 0 saturated heterocycles. The topological polar surface area (TPSA) is 74.6 Å². The molecule has 0 aromatic heterocycles. The van der Waals surface area contributed by atoms with Crippen LogP contribution >= 0.6 is 0 Å². The number of unbranched alkanes of at least 4 members (excludes halogenated alkanes) is 8. The van der Waals surface area contributed by atoms with Crippen LogP contribution in [-0.2, 0) is 10.1 Å². The van der Waals surface area contributed by atoms with Crippen molar-refractivity contribution in [3.63, 3.8) is 0 Å². The third-order valence-electron chi connectivity index (χ3n) is 4.51. The third kappa shape index (κ3) is 14.0. The maximum atomic E-state index is 11.5. The van der Waals surface area contributed by atoms with Crippen molar-refractivity contribution in [1.29, 1.82) is 0 Å². The molecule has 0 fully saturated rings. The average Bonchev–Trinajstić information content (AvgIpc) is 2.48. The Hall–Kier alpha value is -0.130. The largest absolute Gasteiger partial charge is 0.393 e. The van der Waals surface area contributed by atoms with Crippen LogP contribution in [0.3, 0.4) is 0 Å². The van der Waals surface area contributed by atoms with Crippen molar-refractivity contribution in [3.8, 4) is 0 Å². The van der Waals surface area contributed by atoms with Crippen LogP contribution in [0.25, 0.3) is 0 Å². The van der Waals surface area contributed by atoms with Gasteiger partial charge in [0, 0.05) is 0 Å². The van der Waals surface area contributed by atoms with Gasteiger partial charge in [-0.2, -0.15) is 8.42 Å². The zero-order chi connectivity index (χ0) is 17.6. The zero-order valence-electron chi connectivity index (χ0n) is 15.2. The molecule has 0 heterocycles. The summed E-state index contributed by atoms with van der Waals surface area (Å²) in [5.41, 5.74) is 0. The molecule has 2 N–H and O–H groups in total. The van der Waals surface area contributed by atoms with Gasteiger partial charge in [0.1, 0.15) is 0 Å². The summed E-state index contributed by atoms with van der Waals surface area (Å²) in [4.78, 5) is 0. The van der Waals surface area contributed by atoms with Gasteiger partial charge in [-0.1, -0.05) is 78.1 Å². The maximum absolute atomic E-state index is 11.5. The van der Waals surface area contributed by atoms with E-state index in [1.807, 2.05) is 0 Å². The summed E-state index contributed by atoms with van der Waals surface area (Å²) in [6.07, 6.45) is 12.7. The number of rotatable bonds is 16. The summed E-state index contributed by atoms with van der Waals surface area (Å²) < 4.78 is 32.3. The molecule has 0 aliphatic heterocycles. The van der Waals surface area contributed by atoms with E-state index < -0.39 is 21.5 Å². The first-order valence-electron chi connectivity index (χ1n) is 9.56. The minimum atomic E-state index is -4.00. The van der Waals surface area contributed by atoms with E-state index in [1.165, 1.54) is 25.7 Å². The predicted molar refractivity (Wildman–Crippen MR) is 97.3 cm³/mol. The van der Waals surface area contributed by atoms with Gasteiger partial charge in [-0.05, 0) is 25.7 Å². The highest BCUT2D eigenvalue weighted by atomic mass is 32.2. The molecule has 2 atom stereocenters. The molecule has 0 spiro atoms. The fourth-order valence-corrected chi connectivity index (χ4v) is 3.82. The highest BCUT2D eigenvalue weighted by Crippen LogP contribution is 2.19. The van der Waals surface area contributed by atoms with Crippen molar-refractivity contribution in [2.75, 3.05) is 0 Å². The lowest BCUT2D eigenvalue weighted by Gasteiger charge is -2.16. The number of hydrogen-bond donors (Lipinski definition) is 2. The van der Waals surface area contributed by atoms with E-state index in [-0.39, 0.29) is 0 Å². The van der Waals surface area contributed by atoms with E-state index in [0.29, 0.717) is 19.3 Å². The van der Waals surface area contributed by atoms with Gasteiger partial charge in [0.25, 0.3) is 10.1 Å². The van der Waals surface area contributed by atoms with Gasteiger partial charge in [-0.15, -0.1) is 0 Å². The first kappa shape index (κ1) is 22.9. The van der Waals surface area contributed by atoms with Crippen molar-refractivity contribution in [3.05, 3.63) is 0 Å². The molecule has 0 rings (SSSR count). The summed E-state index contributed by atoms with van der Waals surface area (Å²) in [5.74, 6) is 0. The monoisotopic (exact) mass is 350 g/mol. The van der Waals surface area contributed by atoms with E-state index >= 15 is 0 Å². The van der Waals surface area contributed by atoms with Crippen molar-refractivity contribution in [2.24, 2.45) is 0 Å². The van der Waals surface area contributed by atoms with Gasteiger partial charge in [-0.25, -0.2) is 0 Å². The molecule has 0 aliphatic carbocycles. The summed E-state index contributed by atoms with van der Waals surface area (Å²) in [7, 11) is -4.00. The predicted octanol–water partition coefficient (Wildman–Crippen LogP) is 5.10. The lowest BCUT2D eigenvalue weighted by Crippen LogP contribution is -2.22. The van der Waals surface area contributed by atoms with Gasteiger partial charge in [0.2, 0.25) is 0 Å². The van der Waals surface area contributed by atoms with E-state index in [9.17, 15) is 18.1 Å². The van der Waals surface area contributed by atoms with Gasteiger partial charge >= 0.3 is 0 Å². The van der Waals surface area contributed by atoms with Gasteiger partial charge in [-0.3, -0.25) is 4.55 Å². The van der Waals surface area contributed by atoms with Crippen LogP contribution in [0.5, 0.6) is 0 Å². The van der Waals surface area contributed by atoms with Crippen LogP contribution in [0.2, 0.25) is 0 Å². The van der Waals surface area contributed by atoms with Crippen molar-refractivity contribution in [1.82, 2.24) is 0 Å². The smallest absolute Gasteiger partial charge is 0.267 e. The minimum absolute atomic E-state index is 0.364. The van der Waals surface area contributed by atoms with Crippen LogP contribution in [0.1, 0.15) is 104 Å². The second kappa shape index (κ2) is 14.2. The molecule has 0 aliphatic rings. The molecule has 0 amide bonds. The molecule has 140 valence electrons. The molecular formula is C18H38O4S. The Morgan fingerprint density at radius 2 is 1.17 bits per heavy atom. The van der Waals surface area contributed by atoms with Gasteiger partial charge in [0.15, 0.2) is 0 Å². The Bertz CT molecular complexity index is 354. The summed E-state index contributed by atoms with van der Waals surface area (Å²) >= 11 is 0. The van der Waals surface area contributed by atoms with Crippen molar-refractivity contribution >= 4 is 10.1 Å².